The van der Waals surface area contributed by atoms with Gasteiger partial charge in [0.15, 0.2) is 6.10 Å². The van der Waals surface area contributed by atoms with Gasteiger partial charge in [-0.3, -0.25) is 14.5 Å². The Labute approximate surface area is 150 Å². The number of para-hydroxylation sites is 2. The van der Waals surface area contributed by atoms with Crippen LogP contribution < -0.4 is 15.0 Å². The van der Waals surface area contributed by atoms with E-state index in [0.29, 0.717) is 17.1 Å². The molecule has 0 saturated heterocycles. The second-order valence-corrected chi connectivity index (χ2v) is 6.45. The summed E-state index contributed by atoms with van der Waals surface area (Å²) in [6.45, 7) is 3.61. The van der Waals surface area contributed by atoms with Crippen molar-refractivity contribution in [1.82, 2.24) is 4.98 Å². The smallest absolute Gasteiger partial charge is 0.268 e. The van der Waals surface area contributed by atoms with Gasteiger partial charge in [-0.1, -0.05) is 12.1 Å². The second-order valence-electron chi connectivity index (χ2n) is 6.45. The molecule has 0 aliphatic carbocycles. The molecule has 3 aromatic rings. The summed E-state index contributed by atoms with van der Waals surface area (Å²) in [5, 5.41) is 3.90. The van der Waals surface area contributed by atoms with Crippen LogP contribution in [0.5, 0.6) is 5.75 Å². The predicted octanol–water partition coefficient (Wildman–Crippen LogP) is 3.23. The van der Waals surface area contributed by atoms with Crippen LogP contribution in [-0.4, -0.2) is 29.4 Å². The number of carbonyl (C=O) groups excluding carboxylic acids is 2. The lowest BCUT2D eigenvalue weighted by Gasteiger charge is -2.32. The minimum Gasteiger partial charge on any atom is -0.479 e. The van der Waals surface area contributed by atoms with Gasteiger partial charge in [-0.05, 0) is 50.2 Å². The van der Waals surface area contributed by atoms with Crippen LogP contribution in [0.15, 0.2) is 48.5 Å². The number of anilines is 2. The first-order valence-corrected chi connectivity index (χ1v) is 8.47. The number of H-pyrrole nitrogens is 1. The normalized spacial score (nSPS) is 16.3. The maximum atomic E-state index is 12.5. The monoisotopic (exact) mass is 349 g/mol. The lowest BCUT2D eigenvalue weighted by Crippen LogP contribution is -2.47. The van der Waals surface area contributed by atoms with Crippen molar-refractivity contribution < 1.29 is 14.3 Å². The van der Waals surface area contributed by atoms with Crippen molar-refractivity contribution in [3.8, 4) is 5.75 Å². The molecule has 0 fully saturated rings. The van der Waals surface area contributed by atoms with Crippen molar-refractivity contribution in [2.45, 2.75) is 20.0 Å². The van der Waals surface area contributed by atoms with Gasteiger partial charge in [-0.15, -0.1) is 0 Å². The van der Waals surface area contributed by atoms with Crippen molar-refractivity contribution in [2.75, 3.05) is 16.8 Å². The van der Waals surface area contributed by atoms with E-state index in [-0.39, 0.29) is 18.4 Å². The molecule has 0 bridgehead atoms. The molecule has 6 nitrogen and oxygen atoms in total. The minimum absolute atomic E-state index is 0.0618. The molecule has 0 radical (unpaired) electrons. The van der Waals surface area contributed by atoms with Crippen LogP contribution >= 0.6 is 0 Å². The molecule has 0 spiro atoms. The average Bonchev–Trinajstić information content (AvgIpc) is 2.98. The lowest BCUT2D eigenvalue weighted by molar-refractivity contribution is -0.127. The minimum atomic E-state index is -0.614. The maximum absolute atomic E-state index is 12.5. The van der Waals surface area contributed by atoms with E-state index in [2.05, 4.69) is 10.3 Å². The van der Waals surface area contributed by atoms with Gasteiger partial charge in [-0.2, -0.15) is 0 Å². The summed E-state index contributed by atoms with van der Waals surface area (Å²) < 4.78 is 5.60. The van der Waals surface area contributed by atoms with Gasteiger partial charge in [0.2, 0.25) is 5.91 Å². The molecule has 2 N–H and O–H groups in total. The van der Waals surface area contributed by atoms with E-state index in [1.54, 1.807) is 19.1 Å². The van der Waals surface area contributed by atoms with E-state index < -0.39 is 6.10 Å². The van der Waals surface area contributed by atoms with Crippen molar-refractivity contribution in [3.05, 3.63) is 54.2 Å². The van der Waals surface area contributed by atoms with E-state index in [4.69, 9.17) is 4.74 Å². The summed E-state index contributed by atoms with van der Waals surface area (Å²) in [5.41, 5.74) is 3.39. The van der Waals surface area contributed by atoms with E-state index in [1.807, 2.05) is 43.3 Å². The van der Waals surface area contributed by atoms with Gasteiger partial charge in [0, 0.05) is 22.3 Å². The molecule has 1 aromatic heterocycles. The van der Waals surface area contributed by atoms with Crippen LogP contribution in [0.1, 0.15) is 12.6 Å². The fourth-order valence-corrected chi connectivity index (χ4v) is 3.22. The summed E-state index contributed by atoms with van der Waals surface area (Å²) in [6, 6.07) is 14.9. The first-order chi connectivity index (χ1) is 12.5. The number of carbonyl (C=O) groups is 2. The number of benzene rings is 2. The Bertz CT molecular complexity index is 1010. The molecule has 132 valence electrons. The number of amides is 2. The van der Waals surface area contributed by atoms with Crippen molar-refractivity contribution in [2.24, 2.45) is 0 Å². The molecular weight excluding hydrogens is 330 g/mol. The molecule has 1 atom stereocenters. The number of ether oxygens (including phenoxy) is 1. The molecule has 26 heavy (non-hydrogen) atoms. The van der Waals surface area contributed by atoms with Crippen LogP contribution in [0.3, 0.4) is 0 Å². The molecule has 4 rings (SSSR count). The Morgan fingerprint density at radius 3 is 2.88 bits per heavy atom. The molecular formula is C20H19N3O3. The fraction of sp³-hybridized carbons (Fsp3) is 0.200. The van der Waals surface area contributed by atoms with Gasteiger partial charge in [0.25, 0.3) is 5.91 Å². The van der Waals surface area contributed by atoms with E-state index in [0.717, 1.165) is 16.6 Å². The topological polar surface area (TPSA) is 74.4 Å². The number of nitrogens with one attached hydrogen (secondary N) is 2. The molecule has 2 heterocycles. The number of aromatic nitrogens is 1. The first-order valence-electron chi connectivity index (χ1n) is 8.47. The Morgan fingerprint density at radius 1 is 1.23 bits per heavy atom. The molecule has 2 aromatic carbocycles. The Balaban J connectivity index is 1.54. The van der Waals surface area contributed by atoms with Gasteiger partial charge in [-0.25, -0.2) is 0 Å². The third-order valence-corrected chi connectivity index (χ3v) is 4.41. The highest BCUT2D eigenvalue weighted by Crippen LogP contribution is 2.33. The van der Waals surface area contributed by atoms with Crippen LogP contribution in [0.2, 0.25) is 0 Å². The zero-order valence-electron chi connectivity index (χ0n) is 14.6. The number of rotatable bonds is 3. The first kappa shape index (κ1) is 16.2. The molecule has 1 aliphatic rings. The molecule has 2 amide bonds. The highest BCUT2D eigenvalue weighted by atomic mass is 16.5. The Kier molecular flexibility index (Phi) is 3.88. The van der Waals surface area contributed by atoms with Crippen molar-refractivity contribution >= 4 is 34.1 Å². The third-order valence-electron chi connectivity index (χ3n) is 4.41. The van der Waals surface area contributed by atoms with Gasteiger partial charge >= 0.3 is 0 Å². The zero-order chi connectivity index (χ0) is 18.3. The SMILES string of the molecule is Cc1cc2cc(NC(=O)CN3C(=O)[C@@H](C)Oc4ccccc43)ccc2[nH]1. The molecule has 6 heteroatoms. The second kappa shape index (κ2) is 6.22. The van der Waals surface area contributed by atoms with Gasteiger partial charge in [0.1, 0.15) is 12.3 Å². The largest absolute Gasteiger partial charge is 0.479 e. The fourth-order valence-electron chi connectivity index (χ4n) is 3.22. The highest BCUT2D eigenvalue weighted by molar-refractivity contribution is 6.06. The van der Waals surface area contributed by atoms with Gasteiger partial charge in [0.05, 0.1) is 5.69 Å². The Morgan fingerprint density at radius 2 is 2.04 bits per heavy atom. The van der Waals surface area contributed by atoms with Crippen LogP contribution in [0.25, 0.3) is 10.9 Å². The number of hydrogen-bond donors (Lipinski definition) is 2. The van der Waals surface area contributed by atoms with Crippen LogP contribution in [-0.2, 0) is 9.59 Å². The highest BCUT2D eigenvalue weighted by Gasteiger charge is 2.32. The quantitative estimate of drug-likeness (QED) is 0.762. The maximum Gasteiger partial charge on any atom is 0.268 e. The number of aromatic amines is 1. The van der Waals surface area contributed by atoms with E-state index in [1.165, 1.54) is 4.90 Å². The summed E-state index contributed by atoms with van der Waals surface area (Å²) >= 11 is 0. The average molecular weight is 349 g/mol. The van der Waals surface area contributed by atoms with Crippen molar-refractivity contribution in [1.29, 1.82) is 0 Å². The van der Waals surface area contributed by atoms with E-state index >= 15 is 0 Å². The summed E-state index contributed by atoms with van der Waals surface area (Å²) in [6.07, 6.45) is -0.614. The Hall–Kier alpha value is -3.28. The lowest BCUT2D eigenvalue weighted by atomic mass is 10.2. The summed E-state index contributed by atoms with van der Waals surface area (Å²) in [4.78, 5) is 29.7. The third kappa shape index (κ3) is 2.90. The molecule has 0 unspecified atom stereocenters. The van der Waals surface area contributed by atoms with Gasteiger partial charge < -0.3 is 15.0 Å². The van der Waals surface area contributed by atoms with E-state index in [9.17, 15) is 9.59 Å². The zero-order valence-corrected chi connectivity index (χ0v) is 14.6. The van der Waals surface area contributed by atoms with Crippen LogP contribution in [0.4, 0.5) is 11.4 Å². The van der Waals surface area contributed by atoms with Crippen LogP contribution in [0, 0.1) is 6.92 Å². The number of fused-ring (bicyclic) bond motifs is 2. The molecule has 0 saturated carbocycles. The number of aryl methyl sites for hydroxylation is 1. The summed E-state index contributed by atoms with van der Waals surface area (Å²) in [7, 11) is 0. The number of nitrogens with zero attached hydrogens (tertiary/aromatic N) is 1. The van der Waals surface area contributed by atoms with Crippen molar-refractivity contribution in [3.63, 3.8) is 0 Å². The predicted molar refractivity (Wildman–Crippen MR) is 101 cm³/mol. The standard InChI is InChI=1S/C20H19N3O3/c1-12-9-14-10-15(7-8-16(14)21-12)22-19(24)11-23-17-5-3-4-6-18(17)26-13(2)20(23)25/h3-10,13,21H,11H2,1-2H3,(H,22,24)/t13-/m1/s1. The number of hydrogen-bond acceptors (Lipinski definition) is 3. The summed E-state index contributed by atoms with van der Waals surface area (Å²) in [5.74, 6) is 0.126. The molecule has 1 aliphatic heterocycles.